The van der Waals surface area contributed by atoms with Gasteiger partial charge in [0.2, 0.25) is 0 Å². The number of nitrogens with one attached hydrogen (secondary N) is 2. The van der Waals surface area contributed by atoms with Crippen molar-refractivity contribution < 1.29 is 9.72 Å². The molecule has 28 heavy (non-hydrogen) atoms. The van der Waals surface area contributed by atoms with Gasteiger partial charge < -0.3 is 5.32 Å². The molecule has 2 N–H and O–H groups in total. The average molecular weight is 397 g/mol. The summed E-state index contributed by atoms with van der Waals surface area (Å²) in [5.74, 6) is -0.338. The number of aryl methyl sites for hydroxylation is 1. The van der Waals surface area contributed by atoms with Gasteiger partial charge in [0.15, 0.2) is 5.13 Å². The second-order valence-electron chi connectivity index (χ2n) is 6.09. The van der Waals surface area contributed by atoms with E-state index in [1.165, 1.54) is 23.6 Å². The van der Waals surface area contributed by atoms with E-state index in [2.05, 4.69) is 20.8 Å². The number of carbonyl (C=O) groups is 1. The molecule has 3 rings (SSSR count). The van der Waals surface area contributed by atoms with E-state index in [9.17, 15) is 14.9 Å². The molecule has 9 heteroatoms. The molecule has 0 unspecified atom stereocenters. The van der Waals surface area contributed by atoms with E-state index in [0.29, 0.717) is 22.7 Å². The van der Waals surface area contributed by atoms with Gasteiger partial charge in [0, 0.05) is 17.2 Å². The molecule has 0 fully saturated rings. The predicted molar refractivity (Wildman–Crippen MR) is 111 cm³/mol. The van der Waals surface area contributed by atoms with E-state index < -0.39 is 11.0 Å². The SMILES string of the molecule is CCc1ccc(/C=N\NC(=O)[C@H](C)Nc2nc3ccccc3s2)cc1[N+](=O)[O-]. The van der Waals surface area contributed by atoms with E-state index in [0.717, 1.165) is 10.2 Å². The summed E-state index contributed by atoms with van der Waals surface area (Å²) in [5, 5.41) is 18.7. The number of hydrogen-bond donors (Lipinski definition) is 2. The van der Waals surface area contributed by atoms with E-state index in [1.54, 1.807) is 19.1 Å². The molecular formula is C19H19N5O3S. The van der Waals surface area contributed by atoms with Crippen LogP contribution in [-0.2, 0) is 11.2 Å². The van der Waals surface area contributed by atoms with Crippen LogP contribution < -0.4 is 10.7 Å². The van der Waals surface area contributed by atoms with Crippen molar-refractivity contribution in [3.05, 3.63) is 63.7 Å². The first kappa shape index (κ1) is 19.4. The topological polar surface area (TPSA) is 110 Å². The van der Waals surface area contributed by atoms with Crippen molar-refractivity contribution in [2.75, 3.05) is 5.32 Å². The number of anilines is 1. The van der Waals surface area contributed by atoms with Crippen molar-refractivity contribution >= 4 is 44.5 Å². The quantitative estimate of drug-likeness (QED) is 0.359. The normalized spacial score (nSPS) is 12.2. The highest BCUT2D eigenvalue weighted by Gasteiger charge is 2.15. The molecule has 0 aliphatic heterocycles. The largest absolute Gasteiger partial charge is 0.350 e. The molecule has 144 valence electrons. The van der Waals surface area contributed by atoms with Gasteiger partial charge >= 0.3 is 0 Å². The molecule has 0 radical (unpaired) electrons. The van der Waals surface area contributed by atoms with Crippen LogP contribution in [0.4, 0.5) is 10.8 Å². The van der Waals surface area contributed by atoms with Crippen LogP contribution in [0.3, 0.4) is 0 Å². The zero-order chi connectivity index (χ0) is 20.1. The Kier molecular flexibility index (Phi) is 5.95. The predicted octanol–water partition coefficient (Wildman–Crippen LogP) is 3.72. The standard InChI is InChI=1S/C19H19N5O3S/c1-3-14-9-8-13(10-16(14)24(26)27)11-20-23-18(25)12(2)21-19-22-15-6-4-5-7-17(15)28-19/h4-12H,3H2,1-2H3,(H,21,22)(H,23,25)/b20-11-/t12-/m0/s1. The van der Waals surface area contributed by atoms with Crippen LogP contribution in [0.25, 0.3) is 10.2 Å². The number of thiazole rings is 1. The summed E-state index contributed by atoms with van der Waals surface area (Å²) >= 11 is 1.47. The van der Waals surface area contributed by atoms with Crippen molar-refractivity contribution in [3.8, 4) is 0 Å². The first-order valence-electron chi connectivity index (χ1n) is 8.70. The third kappa shape index (κ3) is 4.49. The van der Waals surface area contributed by atoms with Gasteiger partial charge in [-0.05, 0) is 25.5 Å². The van der Waals surface area contributed by atoms with Gasteiger partial charge in [0.25, 0.3) is 11.6 Å². The number of fused-ring (bicyclic) bond motifs is 1. The number of carbonyl (C=O) groups excluding carboxylic acids is 1. The Bertz CT molecular complexity index is 1010. The second kappa shape index (κ2) is 8.57. The summed E-state index contributed by atoms with van der Waals surface area (Å²) in [6.07, 6.45) is 1.95. The number of aromatic nitrogens is 1. The number of hydrazone groups is 1. The fourth-order valence-electron chi connectivity index (χ4n) is 2.58. The molecule has 0 aliphatic carbocycles. The Balaban J connectivity index is 1.61. The monoisotopic (exact) mass is 397 g/mol. The Morgan fingerprint density at radius 3 is 2.86 bits per heavy atom. The van der Waals surface area contributed by atoms with Crippen LogP contribution in [0.5, 0.6) is 0 Å². The third-order valence-electron chi connectivity index (χ3n) is 4.10. The minimum atomic E-state index is -0.547. The Labute approximate surface area is 165 Å². The maximum absolute atomic E-state index is 12.2. The van der Waals surface area contributed by atoms with Crippen molar-refractivity contribution in [2.45, 2.75) is 26.3 Å². The molecule has 0 spiro atoms. The number of rotatable bonds is 7. The first-order chi connectivity index (χ1) is 13.5. The lowest BCUT2D eigenvalue weighted by Gasteiger charge is -2.10. The summed E-state index contributed by atoms with van der Waals surface area (Å²) in [7, 11) is 0. The molecule has 0 saturated heterocycles. The van der Waals surface area contributed by atoms with Crippen LogP contribution in [0.2, 0.25) is 0 Å². The highest BCUT2D eigenvalue weighted by atomic mass is 32.1. The summed E-state index contributed by atoms with van der Waals surface area (Å²) in [6, 6.07) is 12.0. The summed E-state index contributed by atoms with van der Waals surface area (Å²) in [5.41, 5.74) is 4.55. The van der Waals surface area contributed by atoms with Gasteiger partial charge in [-0.3, -0.25) is 14.9 Å². The number of nitro benzene ring substituents is 1. The molecule has 2 aromatic carbocycles. The van der Waals surface area contributed by atoms with Crippen molar-refractivity contribution in [1.82, 2.24) is 10.4 Å². The van der Waals surface area contributed by atoms with Crippen molar-refractivity contribution in [1.29, 1.82) is 0 Å². The highest BCUT2D eigenvalue weighted by molar-refractivity contribution is 7.22. The lowest BCUT2D eigenvalue weighted by atomic mass is 10.1. The van der Waals surface area contributed by atoms with Gasteiger partial charge in [0.05, 0.1) is 21.4 Å². The molecule has 1 heterocycles. The van der Waals surface area contributed by atoms with Gasteiger partial charge in [-0.25, -0.2) is 10.4 Å². The molecule has 3 aromatic rings. The van der Waals surface area contributed by atoms with Crippen LogP contribution in [0, 0.1) is 10.1 Å². The van der Waals surface area contributed by atoms with Gasteiger partial charge in [0.1, 0.15) is 6.04 Å². The molecular weight excluding hydrogens is 378 g/mol. The molecule has 0 saturated carbocycles. The van der Waals surface area contributed by atoms with Gasteiger partial charge in [-0.15, -0.1) is 0 Å². The summed E-state index contributed by atoms with van der Waals surface area (Å²) in [6.45, 7) is 3.56. The maximum atomic E-state index is 12.2. The molecule has 1 atom stereocenters. The van der Waals surface area contributed by atoms with Crippen molar-refractivity contribution in [3.63, 3.8) is 0 Å². The zero-order valence-electron chi connectivity index (χ0n) is 15.4. The van der Waals surface area contributed by atoms with E-state index >= 15 is 0 Å². The third-order valence-corrected chi connectivity index (χ3v) is 5.07. The fraction of sp³-hybridized carbons (Fsp3) is 0.211. The van der Waals surface area contributed by atoms with E-state index in [-0.39, 0.29) is 11.6 Å². The first-order valence-corrected chi connectivity index (χ1v) is 9.52. The van der Waals surface area contributed by atoms with Crippen LogP contribution in [-0.4, -0.2) is 28.1 Å². The molecule has 1 amide bonds. The number of para-hydroxylation sites is 1. The Morgan fingerprint density at radius 2 is 2.14 bits per heavy atom. The number of hydrogen-bond acceptors (Lipinski definition) is 7. The van der Waals surface area contributed by atoms with Gasteiger partial charge in [-0.2, -0.15) is 5.10 Å². The van der Waals surface area contributed by atoms with Crippen LogP contribution in [0.1, 0.15) is 25.0 Å². The van der Waals surface area contributed by atoms with E-state index in [4.69, 9.17) is 0 Å². The van der Waals surface area contributed by atoms with Crippen molar-refractivity contribution in [2.24, 2.45) is 5.10 Å². The minimum Gasteiger partial charge on any atom is -0.350 e. The lowest BCUT2D eigenvalue weighted by Crippen LogP contribution is -2.34. The van der Waals surface area contributed by atoms with Crippen LogP contribution >= 0.6 is 11.3 Å². The number of nitro groups is 1. The number of benzene rings is 2. The number of amides is 1. The molecule has 0 aliphatic rings. The summed E-state index contributed by atoms with van der Waals surface area (Å²) < 4.78 is 1.03. The lowest BCUT2D eigenvalue weighted by molar-refractivity contribution is -0.385. The molecule has 0 bridgehead atoms. The second-order valence-corrected chi connectivity index (χ2v) is 7.12. The molecule has 1 aromatic heterocycles. The van der Waals surface area contributed by atoms with Crippen LogP contribution in [0.15, 0.2) is 47.6 Å². The highest BCUT2D eigenvalue weighted by Crippen LogP contribution is 2.25. The smallest absolute Gasteiger partial charge is 0.273 e. The minimum absolute atomic E-state index is 0.0450. The molecule has 8 nitrogen and oxygen atoms in total. The summed E-state index contributed by atoms with van der Waals surface area (Å²) in [4.78, 5) is 27.3. The number of nitrogens with zero attached hydrogens (tertiary/aromatic N) is 3. The average Bonchev–Trinajstić information content (AvgIpc) is 3.09. The Morgan fingerprint density at radius 1 is 1.36 bits per heavy atom. The van der Waals surface area contributed by atoms with Gasteiger partial charge in [-0.1, -0.05) is 42.5 Å². The fourth-order valence-corrected chi connectivity index (χ4v) is 3.53. The van der Waals surface area contributed by atoms with E-state index in [1.807, 2.05) is 31.2 Å². The zero-order valence-corrected chi connectivity index (χ0v) is 16.2. The Hall–Kier alpha value is -3.33. The maximum Gasteiger partial charge on any atom is 0.273 e.